The van der Waals surface area contributed by atoms with Crippen LogP contribution in [0.1, 0.15) is 27.7 Å². The molecule has 4 N–H and O–H groups in total. The molecule has 2 heterocycles. The van der Waals surface area contributed by atoms with Gasteiger partial charge in [0.15, 0.2) is 0 Å². The van der Waals surface area contributed by atoms with Gasteiger partial charge in [0.05, 0.1) is 6.04 Å². The summed E-state index contributed by atoms with van der Waals surface area (Å²) < 4.78 is 7.53. The standard InChI is InChI=1S/C29H26ClN7O2.H2S/c1-19-16-32-29(34-22-10-12-24(13-11-22)39-23-8-3-2-4-9-23)36-27(19)37-17-26(33-18-37)28(38)35-25(15-31)20-6-5-7-21(30)14-20;/h2-14,16-18,25H,15,31H2,1H3,(H,35,38)(H,32,34,36);1H2/t25-;/m1./s1. The lowest BCUT2D eigenvalue weighted by molar-refractivity contribution is 0.0933. The molecular weight excluding hydrogens is 546 g/mol. The molecule has 0 fully saturated rings. The molecule has 0 aliphatic rings. The molecule has 0 bridgehead atoms. The van der Waals surface area contributed by atoms with Gasteiger partial charge >= 0.3 is 0 Å². The third-order valence-electron chi connectivity index (χ3n) is 5.89. The normalized spacial score (nSPS) is 11.3. The average molecular weight is 574 g/mol. The molecule has 2 aromatic heterocycles. The third-order valence-corrected chi connectivity index (χ3v) is 6.12. The van der Waals surface area contributed by atoms with Crippen LogP contribution in [0.5, 0.6) is 11.5 Å². The molecule has 0 unspecified atom stereocenters. The van der Waals surface area contributed by atoms with Gasteiger partial charge in [-0.1, -0.05) is 41.9 Å². The van der Waals surface area contributed by atoms with Crippen molar-refractivity contribution < 1.29 is 9.53 Å². The Hall–Kier alpha value is -4.38. The third kappa shape index (κ3) is 6.97. The number of para-hydroxylation sites is 1. The van der Waals surface area contributed by atoms with Gasteiger partial charge in [-0.3, -0.25) is 9.36 Å². The molecule has 0 saturated carbocycles. The van der Waals surface area contributed by atoms with Crippen molar-refractivity contribution in [3.05, 3.63) is 119 Å². The summed E-state index contributed by atoms with van der Waals surface area (Å²) in [6.45, 7) is 2.10. The first-order chi connectivity index (χ1) is 19.0. The molecule has 0 aliphatic carbocycles. The first-order valence-corrected chi connectivity index (χ1v) is 12.6. The van der Waals surface area contributed by atoms with Crippen LogP contribution in [-0.4, -0.2) is 32.0 Å². The van der Waals surface area contributed by atoms with E-state index in [9.17, 15) is 4.79 Å². The Morgan fingerprint density at radius 3 is 2.50 bits per heavy atom. The van der Waals surface area contributed by atoms with Crippen LogP contribution in [0.15, 0.2) is 97.6 Å². The van der Waals surface area contributed by atoms with Gasteiger partial charge in [-0.25, -0.2) is 9.97 Å². The molecule has 204 valence electrons. The maximum absolute atomic E-state index is 12.9. The Bertz CT molecular complexity index is 1580. The molecular formula is C29H28ClN7O2S. The van der Waals surface area contributed by atoms with Crippen molar-refractivity contribution in [3.8, 4) is 17.3 Å². The van der Waals surface area contributed by atoms with E-state index in [1.807, 2.05) is 73.7 Å². The summed E-state index contributed by atoms with van der Waals surface area (Å²) in [5, 5.41) is 6.69. The predicted molar refractivity (Wildman–Crippen MR) is 161 cm³/mol. The van der Waals surface area contributed by atoms with E-state index in [2.05, 4.69) is 25.6 Å². The number of carbonyl (C=O) groups excluding carboxylic acids is 1. The van der Waals surface area contributed by atoms with Crippen molar-refractivity contribution in [2.75, 3.05) is 11.9 Å². The van der Waals surface area contributed by atoms with Crippen LogP contribution in [-0.2, 0) is 0 Å². The van der Waals surface area contributed by atoms with Gasteiger partial charge in [0.2, 0.25) is 5.95 Å². The van der Waals surface area contributed by atoms with Gasteiger partial charge < -0.3 is 21.1 Å². The van der Waals surface area contributed by atoms with Gasteiger partial charge in [-0.05, 0) is 61.0 Å². The number of nitrogens with one attached hydrogen (secondary N) is 2. The number of nitrogens with two attached hydrogens (primary N) is 1. The molecule has 11 heteroatoms. The summed E-state index contributed by atoms with van der Waals surface area (Å²) in [5.74, 6) is 2.12. The molecule has 0 spiro atoms. The van der Waals surface area contributed by atoms with E-state index in [-0.39, 0.29) is 31.6 Å². The number of hydrogen-bond acceptors (Lipinski definition) is 7. The van der Waals surface area contributed by atoms with E-state index >= 15 is 0 Å². The highest BCUT2D eigenvalue weighted by atomic mass is 35.5. The van der Waals surface area contributed by atoms with Crippen LogP contribution in [0.4, 0.5) is 11.6 Å². The van der Waals surface area contributed by atoms with Crippen molar-refractivity contribution in [2.45, 2.75) is 13.0 Å². The summed E-state index contributed by atoms with van der Waals surface area (Å²) in [7, 11) is 0. The van der Waals surface area contributed by atoms with Gasteiger partial charge in [0, 0.05) is 35.2 Å². The van der Waals surface area contributed by atoms with Crippen LogP contribution in [0, 0.1) is 6.92 Å². The van der Waals surface area contributed by atoms with E-state index in [4.69, 9.17) is 22.1 Å². The molecule has 0 radical (unpaired) electrons. The topological polar surface area (TPSA) is 120 Å². The lowest BCUT2D eigenvalue weighted by Gasteiger charge is -2.16. The second-order valence-corrected chi connectivity index (χ2v) is 9.18. The number of benzene rings is 3. The Labute approximate surface area is 243 Å². The lowest BCUT2D eigenvalue weighted by Crippen LogP contribution is -2.33. The first-order valence-electron chi connectivity index (χ1n) is 12.2. The molecule has 40 heavy (non-hydrogen) atoms. The second-order valence-electron chi connectivity index (χ2n) is 8.75. The summed E-state index contributed by atoms with van der Waals surface area (Å²) >= 11 is 6.09. The SMILES string of the molecule is Cc1cnc(Nc2ccc(Oc3ccccc3)cc2)nc1-n1cnc(C(=O)N[C@H](CN)c2cccc(Cl)c2)c1.S. The molecule has 0 aliphatic heterocycles. The van der Waals surface area contributed by atoms with Crippen LogP contribution < -0.4 is 21.1 Å². The minimum Gasteiger partial charge on any atom is -0.457 e. The van der Waals surface area contributed by atoms with Crippen molar-refractivity contribution in [2.24, 2.45) is 5.73 Å². The Kier molecular flexibility index (Phi) is 9.39. The minimum absolute atomic E-state index is 0. The smallest absolute Gasteiger partial charge is 0.272 e. The number of hydrogen-bond donors (Lipinski definition) is 3. The van der Waals surface area contributed by atoms with E-state index in [0.717, 1.165) is 22.6 Å². The number of aromatic nitrogens is 4. The number of ether oxygens (including phenoxy) is 1. The van der Waals surface area contributed by atoms with Crippen molar-refractivity contribution >= 4 is 42.6 Å². The van der Waals surface area contributed by atoms with Crippen LogP contribution >= 0.6 is 25.1 Å². The number of anilines is 2. The number of amides is 1. The zero-order valence-corrected chi connectivity index (χ0v) is 23.3. The fourth-order valence-electron chi connectivity index (χ4n) is 3.90. The Balaban J connectivity index is 0.00000370. The molecule has 5 rings (SSSR count). The highest BCUT2D eigenvalue weighted by molar-refractivity contribution is 7.59. The summed E-state index contributed by atoms with van der Waals surface area (Å²) in [6.07, 6.45) is 4.87. The monoisotopic (exact) mass is 573 g/mol. The van der Waals surface area contributed by atoms with Gasteiger partial charge in [0.1, 0.15) is 29.3 Å². The van der Waals surface area contributed by atoms with Gasteiger partial charge in [-0.15, -0.1) is 0 Å². The number of carbonyl (C=O) groups is 1. The van der Waals surface area contributed by atoms with E-state index in [1.54, 1.807) is 35.4 Å². The molecule has 3 aromatic carbocycles. The van der Waals surface area contributed by atoms with Crippen molar-refractivity contribution in [1.29, 1.82) is 0 Å². The minimum atomic E-state index is -0.401. The molecule has 5 aromatic rings. The maximum Gasteiger partial charge on any atom is 0.272 e. The summed E-state index contributed by atoms with van der Waals surface area (Å²) in [4.78, 5) is 26.2. The van der Waals surface area contributed by atoms with Crippen molar-refractivity contribution in [1.82, 2.24) is 24.8 Å². The number of nitrogens with zero attached hydrogens (tertiary/aromatic N) is 4. The Morgan fingerprint density at radius 1 is 1.02 bits per heavy atom. The fourth-order valence-corrected chi connectivity index (χ4v) is 4.10. The quantitative estimate of drug-likeness (QED) is 0.207. The van der Waals surface area contributed by atoms with E-state index in [1.165, 1.54) is 0 Å². The molecule has 1 amide bonds. The maximum atomic E-state index is 12.9. The largest absolute Gasteiger partial charge is 0.457 e. The number of rotatable bonds is 9. The number of halogens is 1. The fraction of sp³-hybridized carbons (Fsp3) is 0.103. The van der Waals surface area contributed by atoms with Crippen LogP contribution in [0.3, 0.4) is 0 Å². The lowest BCUT2D eigenvalue weighted by atomic mass is 10.1. The molecule has 1 atom stereocenters. The molecule has 0 saturated heterocycles. The Morgan fingerprint density at radius 2 is 1.77 bits per heavy atom. The van der Waals surface area contributed by atoms with Crippen LogP contribution in [0.2, 0.25) is 5.02 Å². The van der Waals surface area contributed by atoms with Crippen LogP contribution in [0.25, 0.3) is 5.82 Å². The summed E-state index contributed by atoms with van der Waals surface area (Å²) in [5.41, 5.74) is 8.57. The predicted octanol–water partition coefficient (Wildman–Crippen LogP) is 5.70. The van der Waals surface area contributed by atoms with E-state index < -0.39 is 6.04 Å². The number of aryl methyl sites for hydroxylation is 1. The average Bonchev–Trinajstić information content (AvgIpc) is 3.45. The first kappa shape index (κ1) is 28.6. The van der Waals surface area contributed by atoms with Crippen molar-refractivity contribution in [3.63, 3.8) is 0 Å². The highest BCUT2D eigenvalue weighted by Gasteiger charge is 2.18. The highest BCUT2D eigenvalue weighted by Crippen LogP contribution is 2.24. The molecule has 9 nitrogen and oxygen atoms in total. The van der Waals surface area contributed by atoms with Gasteiger partial charge in [-0.2, -0.15) is 18.5 Å². The summed E-state index contributed by atoms with van der Waals surface area (Å²) in [6, 6.07) is 23.9. The zero-order valence-electron chi connectivity index (χ0n) is 21.6. The van der Waals surface area contributed by atoms with E-state index in [0.29, 0.717) is 22.5 Å². The number of imidazole rings is 1. The zero-order chi connectivity index (χ0) is 27.2. The second kappa shape index (κ2) is 13.1. The van der Waals surface area contributed by atoms with Gasteiger partial charge in [0.25, 0.3) is 5.91 Å².